The maximum Gasteiger partial charge on any atom is 0.333 e. The molecule has 9 nitrogen and oxygen atoms in total. The van der Waals surface area contributed by atoms with Gasteiger partial charge in [0.2, 0.25) is 0 Å². The van der Waals surface area contributed by atoms with Gasteiger partial charge in [-0.25, -0.2) is 4.79 Å². The topological polar surface area (TPSA) is 129 Å². The molecule has 0 aliphatic heterocycles. The molecular formula is C24H38O9. The first kappa shape index (κ1) is 30.8. The quantitative estimate of drug-likeness (QED) is 0.164. The number of allylic oxidation sites excluding steroid dienone is 1. The number of carbonyl (C=O) groups excluding carboxylic acids is 3. The molecule has 0 heterocycles. The SMILES string of the molecule is C=C(C)C(=O)OCCOCC(CC)(COC(CO)C(=O)C(=C)C)OCC(CO)C(=O)C(=C)C. The maximum absolute atomic E-state index is 12.2. The van der Waals surface area contributed by atoms with E-state index in [9.17, 15) is 24.6 Å². The Kier molecular flexibility index (Phi) is 14.6. The molecule has 9 heteroatoms. The molecule has 0 bridgehead atoms. The zero-order chi connectivity index (χ0) is 25.6. The average Bonchev–Trinajstić information content (AvgIpc) is 2.78. The summed E-state index contributed by atoms with van der Waals surface area (Å²) in [6, 6.07) is 0. The summed E-state index contributed by atoms with van der Waals surface area (Å²) in [6.07, 6.45) is -0.767. The minimum atomic E-state index is -1.13. The van der Waals surface area contributed by atoms with Gasteiger partial charge in [0, 0.05) is 5.57 Å². The van der Waals surface area contributed by atoms with Gasteiger partial charge in [0.1, 0.15) is 18.3 Å². The van der Waals surface area contributed by atoms with Crippen LogP contribution in [0.3, 0.4) is 0 Å². The number of ether oxygens (including phenoxy) is 4. The number of Topliss-reactive ketones (excluding diaryl/α,β-unsaturated/α-hetero) is 2. The van der Waals surface area contributed by atoms with Gasteiger partial charge in [0.15, 0.2) is 11.6 Å². The molecule has 0 saturated heterocycles. The maximum atomic E-state index is 12.2. The van der Waals surface area contributed by atoms with Crippen molar-refractivity contribution in [3.63, 3.8) is 0 Å². The summed E-state index contributed by atoms with van der Waals surface area (Å²) in [5.41, 5.74) is -0.313. The van der Waals surface area contributed by atoms with E-state index in [-0.39, 0.29) is 50.0 Å². The summed E-state index contributed by atoms with van der Waals surface area (Å²) >= 11 is 0. The Bertz CT molecular complexity index is 673. The van der Waals surface area contributed by atoms with Crippen molar-refractivity contribution < 1.29 is 43.5 Å². The normalized spacial score (nSPS) is 14.6. The Morgan fingerprint density at radius 2 is 1.48 bits per heavy atom. The van der Waals surface area contributed by atoms with Crippen molar-refractivity contribution in [1.29, 1.82) is 0 Å². The Labute approximate surface area is 196 Å². The number of esters is 1. The van der Waals surface area contributed by atoms with Crippen LogP contribution in [0, 0.1) is 5.92 Å². The number of rotatable bonds is 19. The number of hydrogen-bond acceptors (Lipinski definition) is 9. The highest BCUT2D eigenvalue weighted by Crippen LogP contribution is 2.21. The van der Waals surface area contributed by atoms with Crippen LogP contribution in [0.4, 0.5) is 0 Å². The Morgan fingerprint density at radius 1 is 0.879 bits per heavy atom. The molecule has 3 unspecified atom stereocenters. The number of carbonyl (C=O) groups is 3. The van der Waals surface area contributed by atoms with Crippen LogP contribution in [0.25, 0.3) is 0 Å². The fraction of sp³-hybridized carbons (Fsp3) is 0.625. The lowest BCUT2D eigenvalue weighted by Gasteiger charge is -2.34. The van der Waals surface area contributed by atoms with Crippen molar-refractivity contribution in [2.24, 2.45) is 5.92 Å². The van der Waals surface area contributed by atoms with Crippen molar-refractivity contribution in [2.75, 3.05) is 46.2 Å². The minimum absolute atomic E-state index is 0.00678. The second-order valence-corrected chi connectivity index (χ2v) is 7.97. The van der Waals surface area contributed by atoms with Crippen LogP contribution in [0.2, 0.25) is 0 Å². The van der Waals surface area contributed by atoms with Gasteiger partial charge in [-0.1, -0.05) is 26.7 Å². The molecule has 188 valence electrons. The first-order chi connectivity index (χ1) is 15.4. The van der Waals surface area contributed by atoms with E-state index in [0.717, 1.165) is 0 Å². The van der Waals surface area contributed by atoms with E-state index in [1.807, 2.05) is 0 Å². The molecule has 0 spiro atoms. The summed E-state index contributed by atoms with van der Waals surface area (Å²) in [4.78, 5) is 35.9. The van der Waals surface area contributed by atoms with E-state index in [4.69, 9.17) is 18.9 Å². The van der Waals surface area contributed by atoms with E-state index in [1.54, 1.807) is 13.8 Å². The van der Waals surface area contributed by atoms with Crippen LogP contribution in [0.1, 0.15) is 34.1 Å². The second kappa shape index (κ2) is 15.6. The molecule has 0 radical (unpaired) electrons. The molecule has 0 aromatic heterocycles. The van der Waals surface area contributed by atoms with Crippen molar-refractivity contribution in [3.8, 4) is 0 Å². The highest BCUT2D eigenvalue weighted by atomic mass is 16.6. The largest absolute Gasteiger partial charge is 0.460 e. The van der Waals surface area contributed by atoms with Crippen LogP contribution in [0.15, 0.2) is 36.5 Å². The molecule has 0 aliphatic carbocycles. The van der Waals surface area contributed by atoms with Crippen LogP contribution in [-0.2, 0) is 33.3 Å². The molecule has 0 aliphatic rings. The number of aliphatic hydroxyl groups is 2. The fourth-order valence-corrected chi connectivity index (χ4v) is 2.58. The monoisotopic (exact) mass is 470 g/mol. The molecule has 0 aromatic rings. The smallest absolute Gasteiger partial charge is 0.333 e. The zero-order valence-electron chi connectivity index (χ0n) is 20.2. The Balaban J connectivity index is 5.33. The van der Waals surface area contributed by atoms with Crippen molar-refractivity contribution >= 4 is 17.5 Å². The van der Waals surface area contributed by atoms with Gasteiger partial charge in [0.05, 0.1) is 45.6 Å². The number of hydrogen-bond donors (Lipinski definition) is 2. The molecule has 0 rings (SSSR count). The molecule has 33 heavy (non-hydrogen) atoms. The van der Waals surface area contributed by atoms with Crippen LogP contribution in [-0.4, -0.2) is 85.7 Å². The third-order valence-corrected chi connectivity index (χ3v) is 4.85. The van der Waals surface area contributed by atoms with Crippen molar-refractivity contribution in [2.45, 2.75) is 45.8 Å². The molecular weight excluding hydrogens is 432 g/mol. The van der Waals surface area contributed by atoms with Gasteiger partial charge in [-0.3, -0.25) is 9.59 Å². The van der Waals surface area contributed by atoms with E-state index in [1.165, 1.54) is 13.8 Å². The first-order valence-corrected chi connectivity index (χ1v) is 10.7. The Morgan fingerprint density at radius 3 is 1.94 bits per heavy atom. The van der Waals surface area contributed by atoms with Crippen LogP contribution >= 0.6 is 0 Å². The van der Waals surface area contributed by atoms with Gasteiger partial charge in [-0.2, -0.15) is 0 Å². The predicted octanol–water partition coefficient (Wildman–Crippen LogP) is 1.56. The van der Waals surface area contributed by atoms with Gasteiger partial charge in [-0.05, 0) is 38.3 Å². The first-order valence-electron chi connectivity index (χ1n) is 10.7. The van der Waals surface area contributed by atoms with Crippen LogP contribution in [0.5, 0.6) is 0 Å². The van der Waals surface area contributed by atoms with E-state index in [2.05, 4.69) is 19.7 Å². The van der Waals surface area contributed by atoms with Crippen molar-refractivity contribution in [3.05, 3.63) is 36.5 Å². The predicted molar refractivity (Wildman–Crippen MR) is 123 cm³/mol. The number of ketones is 2. The van der Waals surface area contributed by atoms with Gasteiger partial charge < -0.3 is 29.2 Å². The molecule has 0 saturated carbocycles. The van der Waals surface area contributed by atoms with Crippen LogP contribution < -0.4 is 0 Å². The molecule has 3 atom stereocenters. The second-order valence-electron chi connectivity index (χ2n) is 7.97. The lowest BCUT2D eigenvalue weighted by atomic mass is 9.99. The summed E-state index contributed by atoms with van der Waals surface area (Å²) in [5, 5.41) is 19.1. The van der Waals surface area contributed by atoms with Crippen molar-refractivity contribution in [1.82, 2.24) is 0 Å². The zero-order valence-corrected chi connectivity index (χ0v) is 20.2. The fourth-order valence-electron chi connectivity index (χ4n) is 2.58. The van der Waals surface area contributed by atoms with E-state index in [0.29, 0.717) is 12.0 Å². The lowest BCUT2D eigenvalue weighted by Crippen LogP contribution is -2.46. The highest BCUT2D eigenvalue weighted by molar-refractivity contribution is 5.97. The van der Waals surface area contributed by atoms with E-state index >= 15 is 0 Å². The van der Waals surface area contributed by atoms with Gasteiger partial charge in [0.25, 0.3) is 0 Å². The summed E-state index contributed by atoms with van der Waals surface area (Å²) in [5.74, 6) is -2.13. The van der Waals surface area contributed by atoms with E-state index < -0.39 is 42.6 Å². The highest BCUT2D eigenvalue weighted by Gasteiger charge is 2.34. The van der Waals surface area contributed by atoms with Gasteiger partial charge in [-0.15, -0.1) is 0 Å². The summed E-state index contributed by atoms with van der Waals surface area (Å²) in [7, 11) is 0. The summed E-state index contributed by atoms with van der Waals surface area (Å²) in [6.45, 7) is 15.9. The summed E-state index contributed by atoms with van der Waals surface area (Å²) < 4.78 is 22.3. The average molecular weight is 471 g/mol. The standard InChI is InChI=1S/C24H38O9/c1-8-24(14-30-9-10-31-23(29)18(6)7,15-32-20(12-26)22(28)17(4)5)33-13-19(11-25)21(27)16(2)3/h19-20,25-26H,2,4,6,8-15H2,1,3,5,7H3. The molecule has 0 fully saturated rings. The third kappa shape index (κ3) is 11.0. The lowest BCUT2D eigenvalue weighted by molar-refractivity contribution is -0.169. The molecule has 2 N–H and O–H groups in total. The number of aliphatic hydroxyl groups excluding tert-OH is 2. The van der Waals surface area contributed by atoms with Gasteiger partial charge >= 0.3 is 5.97 Å². The molecule has 0 amide bonds. The molecule has 0 aromatic carbocycles. The Hall–Kier alpha value is -2.17. The minimum Gasteiger partial charge on any atom is -0.460 e. The third-order valence-electron chi connectivity index (χ3n) is 4.85.